The first kappa shape index (κ1) is 26.4. The van der Waals surface area contributed by atoms with E-state index in [1.807, 2.05) is 19.1 Å². The Hall–Kier alpha value is -4.65. The van der Waals surface area contributed by atoms with Crippen LogP contribution in [0.4, 0.5) is 5.95 Å². The number of hydrogen-bond donors (Lipinski definition) is 3. The molecule has 196 valence electrons. The predicted octanol–water partition coefficient (Wildman–Crippen LogP) is 3.98. The molecule has 10 heteroatoms. The summed E-state index contributed by atoms with van der Waals surface area (Å²) in [5.41, 5.74) is 3.68. The summed E-state index contributed by atoms with van der Waals surface area (Å²) in [4.78, 5) is 31.6. The van der Waals surface area contributed by atoms with E-state index < -0.39 is 5.56 Å². The third-order valence-corrected chi connectivity index (χ3v) is 6.06. The SMILES string of the molecule is CCOc1cc(C=NNc2nc(-c3ccccc3)c(C#N)c(=O)[nH]2)ccc1OCC(=O)NC1CCCCC1. The second kappa shape index (κ2) is 13.1. The summed E-state index contributed by atoms with van der Waals surface area (Å²) < 4.78 is 11.4. The Labute approximate surface area is 220 Å². The molecule has 3 N–H and O–H groups in total. The maximum Gasteiger partial charge on any atom is 0.270 e. The van der Waals surface area contributed by atoms with Gasteiger partial charge in [0.05, 0.1) is 18.5 Å². The van der Waals surface area contributed by atoms with Crippen LogP contribution < -0.4 is 25.8 Å². The maximum atomic E-state index is 12.4. The van der Waals surface area contributed by atoms with Crippen molar-refractivity contribution in [1.82, 2.24) is 15.3 Å². The number of hydrogen-bond acceptors (Lipinski definition) is 8. The topological polar surface area (TPSA) is 141 Å². The first-order chi connectivity index (χ1) is 18.6. The van der Waals surface area contributed by atoms with Crippen molar-refractivity contribution >= 4 is 18.1 Å². The number of benzene rings is 2. The number of nitriles is 1. The minimum absolute atomic E-state index is 0.0740. The fraction of sp³-hybridized carbons (Fsp3) is 0.321. The lowest BCUT2D eigenvalue weighted by Crippen LogP contribution is -2.39. The van der Waals surface area contributed by atoms with E-state index in [-0.39, 0.29) is 35.8 Å². The number of rotatable bonds is 10. The molecule has 1 aliphatic carbocycles. The molecule has 1 amide bonds. The second-order valence-corrected chi connectivity index (χ2v) is 8.82. The predicted molar refractivity (Wildman–Crippen MR) is 144 cm³/mol. The number of aromatic amines is 1. The maximum absolute atomic E-state index is 12.4. The standard InChI is InChI=1S/C28H30N6O4/c1-2-37-24-15-19(13-14-23(24)38-18-25(35)31-21-11-7-4-8-12-21)17-30-34-28-32-26(20-9-5-3-6-10-20)22(16-29)27(36)33-28/h3,5-6,9-10,13-15,17,21H,2,4,7-8,11-12,18H2,1H3,(H,31,35)(H2,32,33,34,36). The summed E-state index contributed by atoms with van der Waals surface area (Å²) in [7, 11) is 0. The number of amides is 1. The largest absolute Gasteiger partial charge is 0.490 e. The molecular formula is C28H30N6O4. The third-order valence-electron chi connectivity index (χ3n) is 6.06. The highest BCUT2D eigenvalue weighted by Crippen LogP contribution is 2.28. The number of carbonyl (C=O) groups is 1. The molecule has 1 aliphatic rings. The smallest absolute Gasteiger partial charge is 0.270 e. The first-order valence-electron chi connectivity index (χ1n) is 12.6. The van der Waals surface area contributed by atoms with Crippen molar-refractivity contribution in [3.8, 4) is 28.8 Å². The van der Waals surface area contributed by atoms with Crippen LogP contribution in [-0.2, 0) is 4.79 Å². The zero-order chi connectivity index (χ0) is 26.7. The summed E-state index contributed by atoms with van der Waals surface area (Å²) in [5, 5.41) is 16.6. The van der Waals surface area contributed by atoms with Gasteiger partial charge in [-0.05, 0) is 43.5 Å². The van der Waals surface area contributed by atoms with Crippen molar-refractivity contribution in [2.75, 3.05) is 18.6 Å². The van der Waals surface area contributed by atoms with E-state index >= 15 is 0 Å². The van der Waals surface area contributed by atoms with Crippen molar-refractivity contribution in [3.05, 3.63) is 70.0 Å². The fourth-order valence-corrected chi connectivity index (χ4v) is 4.25. The Morgan fingerprint density at radius 1 is 1.16 bits per heavy atom. The molecule has 0 bridgehead atoms. The van der Waals surface area contributed by atoms with Gasteiger partial charge < -0.3 is 14.8 Å². The summed E-state index contributed by atoms with van der Waals surface area (Å²) in [6.45, 7) is 2.19. The molecule has 4 rings (SSSR count). The highest BCUT2D eigenvalue weighted by Gasteiger charge is 2.17. The Morgan fingerprint density at radius 2 is 1.95 bits per heavy atom. The van der Waals surface area contributed by atoms with E-state index in [0.29, 0.717) is 29.2 Å². The van der Waals surface area contributed by atoms with Gasteiger partial charge in [0.15, 0.2) is 18.1 Å². The number of nitrogens with one attached hydrogen (secondary N) is 3. The second-order valence-electron chi connectivity index (χ2n) is 8.82. The summed E-state index contributed by atoms with van der Waals surface area (Å²) in [6.07, 6.45) is 7.06. The van der Waals surface area contributed by atoms with E-state index in [1.54, 1.807) is 42.5 Å². The molecule has 1 aromatic heterocycles. The number of aromatic nitrogens is 2. The van der Waals surface area contributed by atoms with Crippen LogP contribution in [0.1, 0.15) is 50.2 Å². The third kappa shape index (κ3) is 6.97. The van der Waals surface area contributed by atoms with E-state index in [2.05, 4.69) is 25.8 Å². The lowest BCUT2D eigenvalue weighted by molar-refractivity contribution is -0.124. The monoisotopic (exact) mass is 514 g/mol. The average molecular weight is 515 g/mol. The normalized spacial score (nSPS) is 13.6. The zero-order valence-corrected chi connectivity index (χ0v) is 21.2. The van der Waals surface area contributed by atoms with Crippen LogP contribution in [0.2, 0.25) is 0 Å². The van der Waals surface area contributed by atoms with Crippen LogP contribution in [0, 0.1) is 11.3 Å². The van der Waals surface area contributed by atoms with Gasteiger partial charge >= 0.3 is 0 Å². The number of nitrogens with zero attached hydrogens (tertiary/aromatic N) is 3. The highest BCUT2D eigenvalue weighted by atomic mass is 16.5. The molecule has 1 heterocycles. The van der Waals surface area contributed by atoms with Gasteiger partial charge in [-0.3, -0.25) is 14.6 Å². The van der Waals surface area contributed by atoms with Crippen LogP contribution in [0.15, 0.2) is 58.4 Å². The van der Waals surface area contributed by atoms with E-state index in [4.69, 9.17) is 9.47 Å². The molecule has 0 spiro atoms. The van der Waals surface area contributed by atoms with Crippen molar-refractivity contribution in [3.63, 3.8) is 0 Å². The van der Waals surface area contributed by atoms with Crippen molar-refractivity contribution in [2.24, 2.45) is 5.10 Å². The molecule has 0 radical (unpaired) electrons. The Morgan fingerprint density at radius 3 is 2.68 bits per heavy atom. The molecule has 0 unspecified atom stereocenters. The van der Waals surface area contributed by atoms with Crippen molar-refractivity contribution < 1.29 is 14.3 Å². The van der Waals surface area contributed by atoms with E-state index in [9.17, 15) is 14.9 Å². The van der Waals surface area contributed by atoms with E-state index in [1.165, 1.54) is 12.6 Å². The van der Waals surface area contributed by atoms with Gasteiger partial charge in [-0.1, -0.05) is 49.6 Å². The zero-order valence-electron chi connectivity index (χ0n) is 21.2. The van der Waals surface area contributed by atoms with Gasteiger partial charge in [-0.25, -0.2) is 10.4 Å². The lowest BCUT2D eigenvalue weighted by atomic mass is 9.95. The van der Waals surface area contributed by atoms with Crippen LogP contribution >= 0.6 is 0 Å². The Balaban J connectivity index is 1.42. The lowest BCUT2D eigenvalue weighted by Gasteiger charge is -2.22. The van der Waals surface area contributed by atoms with Gasteiger partial charge in [-0.15, -0.1) is 0 Å². The van der Waals surface area contributed by atoms with Gasteiger partial charge in [0, 0.05) is 11.6 Å². The minimum Gasteiger partial charge on any atom is -0.490 e. The van der Waals surface area contributed by atoms with Crippen LogP contribution in [0.5, 0.6) is 11.5 Å². The number of hydrazone groups is 1. The highest BCUT2D eigenvalue weighted by molar-refractivity contribution is 5.82. The average Bonchev–Trinajstić information content (AvgIpc) is 2.93. The quantitative estimate of drug-likeness (QED) is 0.274. The molecular weight excluding hydrogens is 484 g/mol. The summed E-state index contributed by atoms with van der Waals surface area (Å²) in [6, 6.07) is 16.4. The number of anilines is 1. The van der Waals surface area contributed by atoms with Gasteiger partial charge in [0.2, 0.25) is 5.95 Å². The Bertz CT molecular complexity index is 1370. The summed E-state index contributed by atoms with van der Waals surface area (Å²) >= 11 is 0. The van der Waals surface area contributed by atoms with Crippen molar-refractivity contribution in [1.29, 1.82) is 5.26 Å². The number of ether oxygens (including phenoxy) is 2. The molecule has 1 saturated carbocycles. The van der Waals surface area contributed by atoms with Gasteiger partial charge in [0.1, 0.15) is 11.6 Å². The van der Waals surface area contributed by atoms with Gasteiger partial charge in [0.25, 0.3) is 11.5 Å². The number of carbonyl (C=O) groups excluding carboxylic acids is 1. The molecule has 0 saturated heterocycles. The number of H-pyrrole nitrogens is 1. The minimum atomic E-state index is -0.563. The molecule has 1 fully saturated rings. The van der Waals surface area contributed by atoms with Gasteiger partial charge in [-0.2, -0.15) is 10.4 Å². The van der Waals surface area contributed by atoms with Crippen LogP contribution in [0.3, 0.4) is 0 Å². The molecule has 38 heavy (non-hydrogen) atoms. The summed E-state index contributed by atoms with van der Waals surface area (Å²) in [5.74, 6) is 0.894. The molecule has 2 aromatic carbocycles. The van der Waals surface area contributed by atoms with Crippen molar-refractivity contribution in [2.45, 2.75) is 45.1 Å². The molecule has 10 nitrogen and oxygen atoms in total. The van der Waals surface area contributed by atoms with Crippen LogP contribution in [-0.4, -0.2) is 41.3 Å². The van der Waals surface area contributed by atoms with E-state index in [0.717, 1.165) is 25.7 Å². The Kier molecular flexibility index (Phi) is 9.07. The fourth-order valence-electron chi connectivity index (χ4n) is 4.25. The molecule has 0 aliphatic heterocycles. The van der Waals surface area contributed by atoms with Crippen LogP contribution in [0.25, 0.3) is 11.3 Å². The molecule has 3 aromatic rings. The first-order valence-corrected chi connectivity index (χ1v) is 12.6. The molecule has 0 atom stereocenters.